The van der Waals surface area contributed by atoms with Gasteiger partial charge in [0.25, 0.3) is 11.8 Å². The molecule has 1 aliphatic rings. The smallest absolute Gasteiger partial charge is 0.269 e. The maximum Gasteiger partial charge on any atom is 0.269 e. The summed E-state index contributed by atoms with van der Waals surface area (Å²) in [6.45, 7) is 1.31. The maximum absolute atomic E-state index is 12.3. The van der Waals surface area contributed by atoms with Crippen LogP contribution in [0.1, 0.15) is 39.1 Å². The molecule has 0 saturated carbocycles. The average molecular weight is 397 g/mol. The van der Waals surface area contributed by atoms with E-state index in [0.29, 0.717) is 35.6 Å². The van der Waals surface area contributed by atoms with E-state index in [1.165, 1.54) is 20.3 Å². The van der Waals surface area contributed by atoms with Gasteiger partial charge in [0.1, 0.15) is 0 Å². The molecule has 0 spiro atoms. The number of likely N-dealkylation sites (tertiary alicyclic amines) is 1. The molecule has 1 saturated heterocycles. The van der Waals surface area contributed by atoms with Crippen molar-refractivity contribution in [1.29, 1.82) is 0 Å². The van der Waals surface area contributed by atoms with Gasteiger partial charge >= 0.3 is 0 Å². The van der Waals surface area contributed by atoms with Gasteiger partial charge in [0.2, 0.25) is 5.91 Å². The Morgan fingerprint density at radius 1 is 0.931 bits per heavy atom. The summed E-state index contributed by atoms with van der Waals surface area (Å²) in [5.74, 6) is 0.151. The van der Waals surface area contributed by atoms with E-state index < -0.39 is 11.8 Å². The zero-order chi connectivity index (χ0) is 20.8. The third-order valence-electron chi connectivity index (χ3n) is 4.70. The molecule has 1 fully saturated rings. The van der Waals surface area contributed by atoms with Gasteiger partial charge in [-0.15, -0.1) is 0 Å². The molecular weight excluding hydrogens is 374 g/mol. The number of carbonyl (C=O) groups excluding carboxylic acids is 3. The number of rotatable bonds is 6. The Kier molecular flexibility index (Phi) is 6.33. The van der Waals surface area contributed by atoms with Gasteiger partial charge < -0.3 is 14.4 Å². The molecule has 3 rings (SSSR count). The predicted octanol–water partition coefficient (Wildman–Crippen LogP) is 1.90. The monoisotopic (exact) mass is 397 g/mol. The number of nitrogens with zero attached hydrogens (tertiary/aromatic N) is 1. The zero-order valence-corrected chi connectivity index (χ0v) is 16.4. The number of hydrogen-bond donors (Lipinski definition) is 2. The highest BCUT2D eigenvalue weighted by Gasteiger charge is 2.20. The Morgan fingerprint density at radius 2 is 1.55 bits per heavy atom. The minimum atomic E-state index is -0.483. The van der Waals surface area contributed by atoms with Crippen LogP contribution in [-0.2, 0) is 11.3 Å². The molecule has 0 bridgehead atoms. The molecule has 3 amide bonds. The molecule has 1 aliphatic heterocycles. The van der Waals surface area contributed by atoms with E-state index in [-0.39, 0.29) is 5.91 Å². The normalized spacial score (nSPS) is 13.2. The van der Waals surface area contributed by atoms with Gasteiger partial charge in [-0.3, -0.25) is 25.2 Å². The van der Waals surface area contributed by atoms with Crippen LogP contribution in [0.3, 0.4) is 0 Å². The van der Waals surface area contributed by atoms with Crippen LogP contribution in [-0.4, -0.2) is 43.4 Å². The van der Waals surface area contributed by atoms with Gasteiger partial charge in [-0.2, -0.15) is 0 Å². The summed E-state index contributed by atoms with van der Waals surface area (Å²) in [6, 6.07) is 11.6. The molecule has 8 heteroatoms. The zero-order valence-electron chi connectivity index (χ0n) is 16.4. The second kappa shape index (κ2) is 9.09. The van der Waals surface area contributed by atoms with Crippen LogP contribution in [0.25, 0.3) is 0 Å². The van der Waals surface area contributed by atoms with Crippen molar-refractivity contribution in [3.63, 3.8) is 0 Å². The molecule has 0 unspecified atom stereocenters. The van der Waals surface area contributed by atoms with Crippen molar-refractivity contribution in [2.45, 2.75) is 19.4 Å². The minimum absolute atomic E-state index is 0.157. The largest absolute Gasteiger partial charge is 0.493 e. The number of benzene rings is 2. The third kappa shape index (κ3) is 4.84. The highest BCUT2D eigenvalue weighted by atomic mass is 16.5. The summed E-state index contributed by atoms with van der Waals surface area (Å²) in [6.07, 6.45) is 1.49. The Morgan fingerprint density at radius 3 is 2.14 bits per heavy atom. The van der Waals surface area contributed by atoms with Gasteiger partial charge in [-0.1, -0.05) is 12.1 Å². The van der Waals surface area contributed by atoms with E-state index >= 15 is 0 Å². The van der Waals surface area contributed by atoms with E-state index in [9.17, 15) is 14.4 Å². The van der Waals surface area contributed by atoms with Crippen LogP contribution in [0, 0.1) is 0 Å². The molecule has 152 valence electrons. The topological polar surface area (TPSA) is 97.0 Å². The van der Waals surface area contributed by atoms with Crippen LogP contribution in [0.15, 0.2) is 42.5 Å². The predicted molar refractivity (Wildman–Crippen MR) is 106 cm³/mol. The number of hydrogen-bond acceptors (Lipinski definition) is 5. The van der Waals surface area contributed by atoms with E-state index in [2.05, 4.69) is 10.9 Å². The molecule has 0 aliphatic carbocycles. The molecule has 1 heterocycles. The summed E-state index contributed by atoms with van der Waals surface area (Å²) < 4.78 is 10.3. The lowest BCUT2D eigenvalue weighted by atomic mass is 10.1. The number of nitrogens with one attached hydrogen (secondary N) is 2. The lowest BCUT2D eigenvalue weighted by Gasteiger charge is -2.15. The van der Waals surface area contributed by atoms with E-state index in [1.807, 2.05) is 0 Å². The van der Waals surface area contributed by atoms with Gasteiger partial charge in [-0.05, 0) is 42.3 Å². The van der Waals surface area contributed by atoms with Gasteiger partial charge in [0, 0.05) is 30.6 Å². The Hall–Kier alpha value is -3.55. The molecule has 2 N–H and O–H groups in total. The molecule has 2 aromatic carbocycles. The number of hydrazine groups is 1. The van der Waals surface area contributed by atoms with Crippen molar-refractivity contribution < 1.29 is 23.9 Å². The number of amides is 3. The molecule has 8 nitrogen and oxygen atoms in total. The highest BCUT2D eigenvalue weighted by molar-refractivity contribution is 5.99. The average Bonchev–Trinajstić information content (AvgIpc) is 3.16. The van der Waals surface area contributed by atoms with Crippen molar-refractivity contribution in [2.75, 3.05) is 20.8 Å². The Balaban J connectivity index is 1.56. The van der Waals surface area contributed by atoms with E-state index in [4.69, 9.17) is 9.47 Å². The molecule has 29 heavy (non-hydrogen) atoms. The maximum atomic E-state index is 12.3. The molecule has 2 aromatic rings. The standard InChI is InChI=1S/C21H23N3O5/c1-28-17-10-9-16(12-18(17)29-2)21(27)23-22-20(26)15-7-5-14(6-8-15)13-24-11-3-4-19(24)25/h5-10,12H,3-4,11,13H2,1-2H3,(H,22,26)(H,23,27). The lowest BCUT2D eigenvalue weighted by molar-refractivity contribution is -0.128. The fraction of sp³-hybridized carbons (Fsp3) is 0.286. The molecule has 0 radical (unpaired) electrons. The van der Waals surface area contributed by atoms with Crippen LogP contribution < -0.4 is 20.3 Å². The van der Waals surface area contributed by atoms with Crippen molar-refractivity contribution in [3.05, 3.63) is 59.2 Å². The van der Waals surface area contributed by atoms with Crippen molar-refractivity contribution in [3.8, 4) is 11.5 Å². The Bertz CT molecular complexity index is 911. The number of ether oxygens (including phenoxy) is 2. The number of carbonyl (C=O) groups is 3. The molecule has 0 atom stereocenters. The quantitative estimate of drug-likeness (QED) is 0.726. The van der Waals surface area contributed by atoms with Crippen LogP contribution in [0.4, 0.5) is 0 Å². The van der Waals surface area contributed by atoms with E-state index in [0.717, 1.165) is 18.5 Å². The van der Waals surface area contributed by atoms with Gasteiger partial charge in [-0.25, -0.2) is 0 Å². The summed E-state index contributed by atoms with van der Waals surface area (Å²) >= 11 is 0. The molecule has 0 aromatic heterocycles. The summed E-state index contributed by atoms with van der Waals surface area (Å²) in [7, 11) is 2.98. The summed E-state index contributed by atoms with van der Waals surface area (Å²) in [5.41, 5.74) is 6.43. The summed E-state index contributed by atoms with van der Waals surface area (Å²) in [5, 5.41) is 0. The van der Waals surface area contributed by atoms with Crippen molar-refractivity contribution >= 4 is 17.7 Å². The fourth-order valence-electron chi connectivity index (χ4n) is 3.09. The van der Waals surface area contributed by atoms with Crippen LogP contribution in [0.2, 0.25) is 0 Å². The van der Waals surface area contributed by atoms with Gasteiger partial charge in [0.05, 0.1) is 14.2 Å². The SMILES string of the molecule is COc1ccc(C(=O)NNC(=O)c2ccc(CN3CCCC3=O)cc2)cc1OC. The second-order valence-electron chi connectivity index (χ2n) is 6.59. The first-order chi connectivity index (χ1) is 14.0. The van der Waals surface area contributed by atoms with Crippen molar-refractivity contribution in [1.82, 2.24) is 15.8 Å². The lowest BCUT2D eigenvalue weighted by Crippen LogP contribution is -2.41. The first-order valence-corrected chi connectivity index (χ1v) is 9.21. The van der Waals surface area contributed by atoms with Gasteiger partial charge in [0.15, 0.2) is 11.5 Å². The molecular formula is C21H23N3O5. The van der Waals surface area contributed by atoms with Crippen molar-refractivity contribution in [2.24, 2.45) is 0 Å². The number of methoxy groups -OCH3 is 2. The van der Waals surface area contributed by atoms with Crippen LogP contribution >= 0.6 is 0 Å². The highest BCUT2D eigenvalue weighted by Crippen LogP contribution is 2.27. The second-order valence-corrected chi connectivity index (χ2v) is 6.59. The fourth-order valence-corrected chi connectivity index (χ4v) is 3.09. The van der Waals surface area contributed by atoms with E-state index in [1.54, 1.807) is 41.3 Å². The van der Waals surface area contributed by atoms with Crippen LogP contribution in [0.5, 0.6) is 11.5 Å². The Labute approximate surface area is 168 Å². The first kappa shape index (κ1) is 20.2. The first-order valence-electron chi connectivity index (χ1n) is 9.21. The minimum Gasteiger partial charge on any atom is -0.493 e. The summed E-state index contributed by atoms with van der Waals surface area (Å²) in [4.78, 5) is 38.1. The third-order valence-corrected chi connectivity index (χ3v) is 4.70.